The monoisotopic (exact) mass is 309 g/mol. The number of hydrogen-bond acceptors (Lipinski definition) is 3. The summed E-state index contributed by atoms with van der Waals surface area (Å²) < 4.78 is 40.4. The molecule has 0 aliphatic rings. The summed E-state index contributed by atoms with van der Waals surface area (Å²) in [4.78, 5) is -0.371. The molecule has 0 spiro atoms. The molecule has 0 atom stereocenters. The lowest BCUT2D eigenvalue weighted by atomic mass is 10.1. The van der Waals surface area contributed by atoms with Gasteiger partial charge in [0.15, 0.2) is 0 Å². The number of aliphatic hydroxyl groups excluding tert-OH is 1. The average Bonchev–Trinajstić information content (AvgIpc) is 2.48. The first-order valence-corrected chi connectivity index (χ1v) is 7.86. The molecule has 2 aromatic carbocycles. The summed E-state index contributed by atoms with van der Waals surface area (Å²) in [6.45, 7) is 1.50. The van der Waals surface area contributed by atoms with Gasteiger partial charge in [-0.3, -0.25) is 0 Å². The van der Waals surface area contributed by atoms with Gasteiger partial charge in [-0.1, -0.05) is 30.3 Å². The van der Waals surface area contributed by atoms with Gasteiger partial charge in [0.2, 0.25) is 10.0 Å². The highest BCUT2D eigenvalue weighted by molar-refractivity contribution is 7.89. The van der Waals surface area contributed by atoms with Crippen LogP contribution in [0, 0.1) is 12.7 Å². The Kier molecular flexibility index (Phi) is 4.72. The van der Waals surface area contributed by atoms with Crippen molar-refractivity contribution in [2.75, 3.05) is 0 Å². The molecule has 0 fully saturated rings. The van der Waals surface area contributed by atoms with Crippen LogP contribution in [0.15, 0.2) is 47.4 Å². The van der Waals surface area contributed by atoms with Crippen LogP contribution < -0.4 is 4.72 Å². The molecular weight excluding hydrogens is 293 g/mol. The summed E-state index contributed by atoms with van der Waals surface area (Å²) in [5.41, 5.74) is 1.94. The highest BCUT2D eigenvalue weighted by Crippen LogP contribution is 2.17. The largest absolute Gasteiger partial charge is 0.392 e. The molecule has 0 amide bonds. The predicted octanol–water partition coefficient (Wildman–Crippen LogP) is 2.10. The maximum atomic E-state index is 13.7. The van der Waals surface area contributed by atoms with E-state index in [1.54, 1.807) is 31.2 Å². The van der Waals surface area contributed by atoms with Gasteiger partial charge in [0.25, 0.3) is 0 Å². The fourth-order valence-corrected chi connectivity index (χ4v) is 3.12. The van der Waals surface area contributed by atoms with Crippen LogP contribution >= 0.6 is 0 Å². The van der Waals surface area contributed by atoms with E-state index in [0.29, 0.717) is 16.7 Å². The lowest BCUT2D eigenvalue weighted by molar-refractivity contribution is 0.280. The normalized spacial score (nSPS) is 11.6. The van der Waals surface area contributed by atoms with E-state index >= 15 is 0 Å². The summed E-state index contributed by atoms with van der Waals surface area (Å²) >= 11 is 0. The Bertz CT molecular complexity index is 744. The maximum Gasteiger partial charge on any atom is 0.243 e. The van der Waals surface area contributed by atoms with E-state index in [1.807, 2.05) is 0 Å². The Morgan fingerprint density at radius 2 is 1.81 bits per heavy atom. The number of hydrogen-bond donors (Lipinski definition) is 2. The molecular formula is C15H16FNO3S. The van der Waals surface area contributed by atoms with Crippen LogP contribution in [0.3, 0.4) is 0 Å². The summed E-state index contributed by atoms with van der Waals surface area (Å²) in [5, 5.41) is 9.21. The maximum absolute atomic E-state index is 13.7. The van der Waals surface area contributed by atoms with E-state index in [1.165, 1.54) is 12.1 Å². The van der Waals surface area contributed by atoms with Crippen molar-refractivity contribution in [2.24, 2.45) is 0 Å². The molecule has 0 bridgehead atoms. The molecule has 0 aromatic heterocycles. The first-order chi connectivity index (χ1) is 9.94. The standard InChI is InChI=1S/C15H16FNO3S/c1-11-6-7-14(16)15(8-11)21(19,20)17-9-12-4-2-3-5-13(12)10-18/h2-8,17-18H,9-10H2,1H3. The van der Waals surface area contributed by atoms with Crippen LogP contribution in [0.25, 0.3) is 0 Å². The van der Waals surface area contributed by atoms with Gasteiger partial charge in [0.05, 0.1) is 6.61 Å². The van der Waals surface area contributed by atoms with E-state index < -0.39 is 15.8 Å². The molecule has 0 radical (unpaired) electrons. The molecule has 2 N–H and O–H groups in total. The summed E-state index contributed by atoms with van der Waals surface area (Å²) in [7, 11) is -3.94. The van der Waals surface area contributed by atoms with Crippen LogP contribution in [0.1, 0.15) is 16.7 Å². The number of aliphatic hydroxyl groups is 1. The van der Waals surface area contributed by atoms with E-state index in [9.17, 15) is 17.9 Å². The van der Waals surface area contributed by atoms with Crippen molar-refractivity contribution in [3.8, 4) is 0 Å². The van der Waals surface area contributed by atoms with Crippen molar-refractivity contribution in [3.05, 3.63) is 65.0 Å². The fraction of sp³-hybridized carbons (Fsp3) is 0.200. The Hall–Kier alpha value is -1.76. The van der Waals surface area contributed by atoms with Gasteiger partial charge >= 0.3 is 0 Å². The minimum atomic E-state index is -3.94. The molecule has 0 saturated heterocycles. The van der Waals surface area contributed by atoms with Crippen molar-refractivity contribution >= 4 is 10.0 Å². The van der Waals surface area contributed by atoms with Gasteiger partial charge in [0.1, 0.15) is 10.7 Å². The van der Waals surface area contributed by atoms with Crippen molar-refractivity contribution in [2.45, 2.75) is 25.0 Å². The van der Waals surface area contributed by atoms with Crippen LogP contribution in [0.5, 0.6) is 0 Å². The van der Waals surface area contributed by atoms with Crippen LogP contribution in [-0.4, -0.2) is 13.5 Å². The number of aryl methyl sites for hydroxylation is 1. The number of benzene rings is 2. The van der Waals surface area contributed by atoms with Crippen molar-refractivity contribution in [1.82, 2.24) is 4.72 Å². The SMILES string of the molecule is Cc1ccc(F)c(S(=O)(=O)NCc2ccccc2CO)c1. The minimum Gasteiger partial charge on any atom is -0.392 e. The van der Waals surface area contributed by atoms with Gasteiger partial charge in [-0.2, -0.15) is 0 Å². The van der Waals surface area contributed by atoms with E-state index in [-0.39, 0.29) is 18.0 Å². The predicted molar refractivity (Wildman–Crippen MR) is 77.5 cm³/mol. The molecule has 4 nitrogen and oxygen atoms in total. The third kappa shape index (κ3) is 3.66. The second-order valence-electron chi connectivity index (χ2n) is 4.69. The van der Waals surface area contributed by atoms with Gasteiger partial charge in [-0.25, -0.2) is 17.5 Å². The fourth-order valence-electron chi connectivity index (χ4n) is 1.95. The highest BCUT2D eigenvalue weighted by atomic mass is 32.2. The van der Waals surface area contributed by atoms with Crippen LogP contribution in [0.4, 0.5) is 4.39 Å². The Morgan fingerprint density at radius 1 is 1.14 bits per heavy atom. The average molecular weight is 309 g/mol. The third-order valence-corrected chi connectivity index (χ3v) is 4.53. The molecule has 2 aromatic rings. The van der Waals surface area contributed by atoms with E-state index in [2.05, 4.69) is 4.72 Å². The molecule has 0 aliphatic heterocycles. The number of nitrogens with one attached hydrogen (secondary N) is 1. The first-order valence-electron chi connectivity index (χ1n) is 6.37. The highest BCUT2D eigenvalue weighted by Gasteiger charge is 2.19. The number of sulfonamides is 1. The topological polar surface area (TPSA) is 66.4 Å². The Balaban J connectivity index is 2.24. The van der Waals surface area contributed by atoms with Crippen molar-refractivity contribution < 1.29 is 17.9 Å². The molecule has 112 valence electrons. The molecule has 0 heterocycles. The minimum absolute atomic E-state index is 0.00749. The molecule has 21 heavy (non-hydrogen) atoms. The molecule has 0 unspecified atom stereocenters. The number of halogens is 1. The zero-order valence-corrected chi connectivity index (χ0v) is 12.3. The smallest absolute Gasteiger partial charge is 0.243 e. The van der Waals surface area contributed by atoms with Crippen LogP contribution in [-0.2, 0) is 23.2 Å². The second kappa shape index (κ2) is 6.34. The second-order valence-corrected chi connectivity index (χ2v) is 6.42. The quantitative estimate of drug-likeness (QED) is 0.889. The van der Waals surface area contributed by atoms with Crippen molar-refractivity contribution in [3.63, 3.8) is 0 Å². The van der Waals surface area contributed by atoms with Crippen molar-refractivity contribution in [1.29, 1.82) is 0 Å². The van der Waals surface area contributed by atoms with Gasteiger partial charge in [-0.15, -0.1) is 0 Å². The summed E-state index contributed by atoms with van der Waals surface area (Å²) in [6, 6.07) is 10.8. The third-order valence-electron chi connectivity index (χ3n) is 3.12. The van der Waals surface area contributed by atoms with Gasteiger partial charge in [0, 0.05) is 6.54 Å². The Labute approximate surface area is 123 Å². The van der Waals surface area contributed by atoms with E-state index in [4.69, 9.17) is 0 Å². The lowest BCUT2D eigenvalue weighted by Gasteiger charge is -2.10. The summed E-state index contributed by atoms with van der Waals surface area (Å²) in [5.74, 6) is -0.788. The molecule has 2 rings (SSSR count). The number of rotatable bonds is 5. The van der Waals surface area contributed by atoms with E-state index in [0.717, 1.165) is 6.07 Å². The van der Waals surface area contributed by atoms with Gasteiger partial charge in [-0.05, 0) is 35.7 Å². The van der Waals surface area contributed by atoms with Crippen LogP contribution in [0.2, 0.25) is 0 Å². The molecule has 0 aliphatic carbocycles. The zero-order chi connectivity index (χ0) is 15.5. The molecule has 6 heteroatoms. The lowest BCUT2D eigenvalue weighted by Crippen LogP contribution is -2.24. The van der Waals surface area contributed by atoms with Gasteiger partial charge < -0.3 is 5.11 Å². The summed E-state index contributed by atoms with van der Waals surface area (Å²) in [6.07, 6.45) is 0. The molecule has 0 saturated carbocycles. The Morgan fingerprint density at radius 3 is 2.48 bits per heavy atom. The first kappa shape index (κ1) is 15.6. The zero-order valence-electron chi connectivity index (χ0n) is 11.5.